The number of benzene rings is 1. The van der Waals surface area contributed by atoms with Crippen molar-refractivity contribution in [1.29, 1.82) is 0 Å². The van der Waals surface area contributed by atoms with Gasteiger partial charge in [-0.25, -0.2) is 0 Å². The van der Waals surface area contributed by atoms with Crippen LogP contribution in [0.4, 0.5) is 0 Å². The van der Waals surface area contributed by atoms with E-state index in [4.69, 9.17) is 14.2 Å². The van der Waals surface area contributed by atoms with Gasteiger partial charge in [0.25, 0.3) is 6.29 Å². The fourth-order valence-electron chi connectivity index (χ4n) is 4.20. The Labute approximate surface area is 161 Å². The van der Waals surface area contributed by atoms with Crippen molar-refractivity contribution in [2.24, 2.45) is 11.8 Å². The number of fused-ring (bicyclic) bond motifs is 5. The minimum atomic E-state index is -1.51. The zero-order valence-electron chi connectivity index (χ0n) is 15.4. The van der Waals surface area contributed by atoms with E-state index in [0.29, 0.717) is 0 Å². The quantitative estimate of drug-likeness (QED) is 0.322. The number of nitrogens with zero attached hydrogens (tertiary/aromatic N) is 1. The van der Waals surface area contributed by atoms with Crippen molar-refractivity contribution < 1.29 is 33.4 Å². The summed E-state index contributed by atoms with van der Waals surface area (Å²) < 4.78 is 16.2. The summed E-state index contributed by atoms with van der Waals surface area (Å²) in [7, 11) is 0. The number of hydrogen-bond donors (Lipinski definition) is 0. The van der Waals surface area contributed by atoms with E-state index in [0.717, 1.165) is 5.56 Å². The van der Waals surface area contributed by atoms with Gasteiger partial charge in [-0.2, -0.15) is 0 Å². The fraction of sp³-hybridized carbons (Fsp3) is 0.400. The maximum absolute atomic E-state index is 13.2. The van der Waals surface area contributed by atoms with Crippen molar-refractivity contribution in [3.8, 4) is 0 Å². The number of carbonyl (C=O) groups is 4. The average Bonchev–Trinajstić information content (AvgIpc) is 3.29. The van der Waals surface area contributed by atoms with Crippen LogP contribution in [0.5, 0.6) is 0 Å². The summed E-state index contributed by atoms with van der Waals surface area (Å²) in [6.45, 7) is 2.47. The van der Waals surface area contributed by atoms with Crippen LogP contribution in [0.15, 0.2) is 42.5 Å². The molecule has 0 radical (unpaired) electrons. The Morgan fingerprint density at radius 2 is 1.75 bits per heavy atom. The molecule has 0 saturated carbocycles. The molecule has 3 aliphatic rings. The zero-order valence-corrected chi connectivity index (χ0v) is 15.4. The van der Waals surface area contributed by atoms with Gasteiger partial charge < -0.3 is 14.2 Å². The number of imide groups is 1. The molecule has 4 rings (SSSR count). The molecule has 0 spiro atoms. The molecule has 3 heterocycles. The van der Waals surface area contributed by atoms with E-state index in [1.807, 2.05) is 30.3 Å². The Balaban J connectivity index is 1.67. The van der Waals surface area contributed by atoms with Gasteiger partial charge in [0, 0.05) is 13.8 Å². The molecule has 28 heavy (non-hydrogen) atoms. The molecule has 1 aromatic rings. The first-order valence-corrected chi connectivity index (χ1v) is 8.94. The third-order valence-corrected chi connectivity index (χ3v) is 5.27. The molecule has 4 atom stereocenters. The predicted octanol–water partition coefficient (Wildman–Crippen LogP) is 0.947. The van der Waals surface area contributed by atoms with Crippen molar-refractivity contribution in [3.05, 3.63) is 48.0 Å². The Kier molecular flexibility index (Phi) is 4.30. The first kappa shape index (κ1) is 18.4. The molecule has 2 saturated heterocycles. The minimum Gasteiger partial charge on any atom is -0.422 e. The van der Waals surface area contributed by atoms with Gasteiger partial charge in [-0.3, -0.25) is 24.1 Å². The van der Waals surface area contributed by atoms with Gasteiger partial charge in [0.1, 0.15) is 0 Å². The number of carbonyl (C=O) groups excluding carboxylic acids is 4. The highest BCUT2D eigenvalue weighted by Crippen LogP contribution is 2.54. The van der Waals surface area contributed by atoms with Crippen LogP contribution in [0.2, 0.25) is 0 Å². The molecule has 2 bridgehead atoms. The molecule has 0 aliphatic carbocycles. The second-order valence-electron chi connectivity index (χ2n) is 7.10. The fourth-order valence-corrected chi connectivity index (χ4v) is 4.20. The third kappa shape index (κ3) is 2.72. The zero-order chi connectivity index (χ0) is 20.1. The highest BCUT2D eigenvalue weighted by Gasteiger charge is 2.71. The number of likely N-dealkylation sites (tertiary alicyclic amines) is 1. The topological polar surface area (TPSA) is 99.2 Å². The van der Waals surface area contributed by atoms with Crippen LogP contribution >= 0.6 is 0 Å². The van der Waals surface area contributed by atoms with Gasteiger partial charge in [0.15, 0.2) is 5.60 Å². The lowest BCUT2D eigenvalue weighted by atomic mass is 9.76. The summed E-state index contributed by atoms with van der Waals surface area (Å²) in [5.74, 6) is -3.84. The Hall–Kier alpha value is -3.00. The SMILES string of the molecule is CC(=O)OC(OC(C)=O)[C@]12C=C[C@@H](O1)[C@@H]1C(=O)N(Cc3ccccc3)C(=O)[C@@H]12. The van der Waals surface area contributed by atoms with E-state index in [1.54, 1.807) is 12.2 Å². The smallest absolute Gasteiger partial charge is 0.305 e. The van der Waals surface area contributed by atoms with Gasteiger partial charge >= 0.3 is 11.9 Å². The molecule has 3 aliphatic heterocycles. The van der Waals surface area contributed by atoms with E-state index in [1.165, 1.54) is 18.7 Å². The van der Waals surface area contributed by atoms with Crippen LogP contribution in [0.3, 0.4) is 0 Å². The second kappa shape index (κ2) is 6.56. The standard InChI is InChI=1S/C20H19NO7/c1-11(22)26-19(27-12(2)23)20-9-8-14(28-20)15-16(20)18(25)21(17(15)24)10-13-6-4-3-5-7-13/h3-9,14-16,19H,10H2,1-2H3/t14-,15+,16-,20-/m1/s1. The molecular formula is C20H19NO7. The summed E-state index contributed by atoms with van der Waals surface area (Å²) in [6, 6.07) is 9.16. The van der Waals surface area contributed by atoms with Crippen molar-refractivity contribution in [2.75, 3.05) is 0 Å². The van der Waals surface area contributed by atoms with Gasteiger partial charge in [-0.1, -0.05) is 36.4 Å². The van der Waals surface area contributed by atoms with E-state index in [9.17, 15) is 19.2 Å². The van der Waals surface area contributed by atoms with E-state index in [2.05, 4.69) is 0 Å². The molecule has 2 fully saturated rings. The van der Waals surface area contributed by atoms with Gasteiger partial charge in [0.05, 0.1) is 24.5 Å². The average molecular weight is 385 g/mol. The van der Waals surface area contributed by atoms with E-state index < -0.39 is 47.7 Å². The molecule has 0 N–H and O–H groups in total. The Morgan fingerprint density at radius 1 is 1.11 bits per heavy atom. The van der Waals surface area contributed by atoms with Crippen LogP contribution in [-0.2, 0) is 39.9 Å². The lowest BCUT2D eigenvalue weighted by Gasteiger charge is -2.34. The lowest BCUT2D eigenvalue weighted by molar-refractivity contribution is -0.227. The van der Waals surface area contributed by atoms with Crippen LogP contribution < -0.4 is 0 Å². The summed E-state index contributed by atoms with van der Waals surface area (Å²) in [6.07, 6.45) is 1.12. The molecular weight excluding hydrogens is 366 g/mol. The van der Waals surface area contributed by atoms with E-state index >= 15 is 0 Å². The van der Waals surface area contributed by atoms with Gasteiger partial charge in [-0.15, -0.1) is 0 Å². The lowest BCUT2D eigenvalue weighted by Crippen LogP contribution is -2.52. The van der Waals surface area contributed by atoms with Gasteiger partial charge in [0.2, 0.25) is 11.8 Å². The highest BCUT2D eigenvalue weighted by atomic mass is 16.7. The number of hydrogen-bond acceptors (Lipinski definition) is 7. The Bertz CT molecular complexity index is 864. The summed E-state index contributed by atoms with van der Waals surface area (Å²) >= 11 is 0. The Morgan fingerprint density at radius 3 is 2.36 bits per heavy atom. The van der Waals surface area contributed by atoms with Crippen molar-refractivity contribution in [1.82, 2.24) is 4.90 Å². The maximum atomic E-state index is 13.2. The first-order valence-electron chi connectivity index (χ1n) is 8.94. The number of amides is 2. The number of esters is 2. The normalized spacial score (nSPS) is 30.1. The van der Waals surface area contributed by atoms with Crippen molar-refractivity contribution in [3.63, 3.8) is 0 Å². The maximum Gasteiger partial charge on any atom is 0.305 e. The van der Waals surface area contributed by atoms with Crippen LogP contribution in [0.1, 0.15) is 19.4 Å². The van der Waals surface area contributed by atoms with Crippen LogP contribution in [0.25, 0.3) is 0 Å². The molecule has 1 aromatic carbocycles. The third-order valence-electron chi connectivity index (χ3n) is 5.27. The summed E-state index contributed by atoms with van der Waals surface area (Å²) in [4.78, 5) is 50.5. The predicted molar refractivity (Wildman–Crippen MR) is 93.0 cm³/mol. The van der Waals surface area contributed by atoms with Crippen molar-refractivity contribution in [2.45, 2.75) is 38.4 Å². The minimum absolute atomic E-state index is 0.139. The van der Waals surface area contributed by atoms with Crippen molar-refractivity contribution >= 4 is 23.8 Å². The molecule has 0 unspecified atom stereocenters. The molecule has 8 nitrogen and oxygen atoms in total. The number of ether oxygens (including phenoxy) is 3. The number of rotatable bonds is 5. The molecule has 8 heteroatoms. The monoisotopic (exact) mass is 385 g/mol. The van der Waals surface area contributed by atoms with E-state index in [-0.39, 0.29) is 12.5 Å². The van der Waals surface area contributed by atoms with Crippen LogP contribution in [-0.4, -0.2) is 46.6 Å². The largest absolute Gasteiger partial charge is 0.422 e. The highest BCUT2D eigenvalue weighted by molar-refractivity contribution is 6.07. The second-order valence-corrected chi connectivity index (χ2v) is 7.10. The summed E-state index contributed by atoms with van der Waals surface area (Å²) in [5.41, 5.74) is -0.693. The molecule has 2 amide bonds. The van der Waals surface area contributed by atoms with Gasteiger partial charge in [-0.05, 0) is 11.6 Å². The summed E-state index contributed by atoms with van der Waals surface area (Å²) in [5, 5.41) is 0. The molecule has 0 aromatic heterocycles. The van der Waals surface area contributed by atoms with Crippen LogP contribution in [0, 0.1) is 11.8 Å². The first-order chi connectivity index (χ1) is 13.3. The molecule has 146 valence electrons.